The number of sulfonamides is 1. The SMILES string of the molecule is NCCC1CCCN(S(=O)(=O)C2CCCCC2)C1. The van der Waals surface area contributed by atoms with Gasteiger partial charge in [-0.2, -0.15) is 0 Å². The summed E-state index contributed by atoms with van der Waals surface area (Å²) in [5.41, 5.74) is 5.59. The zero-order chi connectivity index (χ0) is 13.0. The number of nitrogens with zero attached hydrogens (tertiary/aromatic N) is 1. The Labute approximate surface area is 111 Å². The first-order chi connectivity index (χ1) is 8.64. The fourth-order valence-corrected chi connectivity index (χ4v) is 5.46. The van der Waals surface area contributed by atoms with Crippen LogP contribution in [-0.2, 0) is 10.0 Å². The van der Waals surface area contributed by atoms with E-state index in [2.05, 4.69) is 0 Å². The van der Waals surface area contributed by atoms with E-state index in [1.54, 1.807) is 4.31 Å². The molecule has 1 unspecified atom stereocenters. The van der Waals surface area contributed by atoms with Crippen molar-refractivity contribution in [2.45, 2.75) is 56.6 Å². The molecule has 1 saturated heterocycles. The topological polar surface area (TPSA) is 63.4 Å². The molecule has 0 aromatic heterocycles. The average molecular weight is 274 g/mol. The first kappa shape index (κ1) is 14.3. The molecule has 1 aliphatic carbocycles. The van der Waals surface area contributed by atoms with Gasteiger partial charge in [-0.15, -0.1) is 0 Å². The van der Waals surface area contributed by atoms with Gasteiger partial charge in [0.1, 0.15) is 0 Å². The van der Waals surface area contributed by atoms with Crippen molar-refractivity contribution in [2.24, 2.45) is 11.7 Å². The van der Waals surface area contributed by atoms with Crippen LogP contribution in [0.15, 0.2) is 0 Å². The van der Waals surface area contributed by atoms with Crippen molar-refractivity contribution in [1.29, 1.82) is 0 Å². The summed E-state index contributed by atoms with van der Waals surface area (Å²) in [6.45, 7) is 2.10. The Kier molecular flexibility index (Phi) is 5.04. The summed E-state index contributed by atoms with van der Waals surface area (Å²) in [5, 5.41) is -0.108. The van der Waals surface area contributed by atoms with Gasteiger partial charge in [0.2, 0.25) is 10.0 Å². The van der Waals surface area contributed by atoms with Crippen LogP contribution in [0, 0.1) is 5.92 Å². The molecular weight excluding hydrogens is 248 g/mol. The monoisotopic (exact) mass is 274 g/mol. The van der Waals surface area contributed by atoms with E-state index in [1.165, 1.54) is 6.42 Å². The third kappa shape index (κ3) is 3.25. The summed E-state index contributed by atoms with van der Waals surface area (Å²) in [7, 11) is -3.04. The maximum atomic E-state index is 12.6. The van der Waals surface area contributed by atoms with Crippen LogP contribution in [0.2, 0.25) is 0 Å². The number of hydrogen-bond donors (Lipinski definition) is 1. The molecule has 0 aromatic rings. The van der Waals surface area contributed by atoms with E-state index in [1.807, 2.05) is 0 Å². The normalized spacial score (nSPS) is 28.4. The van der Waals surface area contributed by atoms with Gasteiger partial charge in [0, 0.05) is 13.1 Å². The molecule has 2 N–H and O–H groups in total. The van der Waals surface area contributed by atoms with E-state index in [0.717, 1.165) is 51.5 Å². The van der Waals surface area contributed by atoms with Crippen LogP contribution in [0.4, 0.5) is 0 Å². The summed E-state index contributed by atoms with van der Waals surface area (Å²) in [5.74, 6) is 0.474. The third-order valence-electron chi connectivity index (χ3n) is 4.39. The third-order valence-corrected chi connectivity index (χ3v) is 6.76. The van der Waals surface area contributed by atoms with Crippen LogP contribution in [0.3, 0.4) is 0 Å². The first-order valence-electron chi connectivity index (χ1n) is 7.33. The first-order valence-corrected chi connectivity index (χ1v) is 8.84. The minimum atomic E-state index is -3.04. The Morgan fingerprint density at radius 2 is 1.78 bits per heavy atom. The maximum Gasteiger partial charge on any atom is 0.216 e. The smallest absolute Gasteiger partial charge is 0.216 e. The molecule has 4 nitrogen and oxygen atoms in total. The lowest BCUT2D eigenvalue weighted by Crippen LogP contribution is -2.45. The van der Waals surface area contributed by atoms with Gasteiger partial charge in [-0.25, -0.2) is 12.7 Å². The molecular formula is C13H26N2O2S. The minimum Gasteiger partial charge on any atom is -0.330 e. The molecule has 1 saturated carbocycles. The Hall–Kier alpha value is -0.130. The zero-order valence-corrected chi connectivity index (χ0v) is 12.0. The van der Waals surface area contributed by atoms with E-state index in [4.69, 9.17) is 5.73 Å². The molecule has 0 amide bonds. The van der Waals surface area contributed by atoms with Crippen molar-refractivity contribution in [3.8, 4) is 0 Å². The second kappa shape index (κ2) is 6.35. The summed E-state index contributed by atoms with van der Waals surface area (Å²) in [4.78, 5) is 0. The zero-order valence-electron chi connectivity index (χ0n) is 11.2. The van der Waals surface area contributed by atoms with E-state index >= 15 is 0 Å². The molecule has 0 bridgehead atoms. The molecule has 1 heterocycles. The van der Waals surface area contributed by atoms with Gasteiger partial charge in [-0.1, -0.05) is 19.3 Å². The molecule has 2 rings (SSSR count). The van der Waals surface area contributed by atoms with Gasteiger partial charge < -0.3 is 5.73 Å². The van der Waals surface area contributed by atoms with Gasteiger partial charge in [-0.05, 0) is 44.6 Å². The van der Waals surface area contributed by atoms with Crippen LogP contribution < -0.4 is 5.73 Å². The van der Waals surface area contributed by atoms with Crippen molar-refractivity contribution in [2.75, 3.05) is 19.6 Å². The molecule has 2 aliphatic rings. The predicted molar refractivity (Wildman–Crippen MR) is 73.8 cm³/mol. The van der Waals surface area contributed by atoms with E-state index in [9.17, 15) is 8.42 Å². The minimum absolute atomic E-state index is 0.108. The lowest BCUT2D eigenvalue weighted by molar-refractivity contribution is 0.254. The highest BCUT2D eigenvalue weighted by Gasteiger charge is 2.35. The molecule has 2 fully saturated rings. The standard InChI is InChI=1S/C13H26N2O2S/c14-9-8-12-5-4-10-15(11-12)18(16,17)13-6-2-1-3-7-13/h12-13H,1-11,14H2. The second-order valence-electron chi connectivity index (χ2n) is 5.75. The highest BCUT2D eigenvalue weighted by molar-refractivity contribution is 7.89. The Morgan fingerprint density at radius 3 is 2.44 bits per heavy atom. The van der Waals surface area contributed by atoms with Crippen LogP contribution in [0.25, 0.3) is 0 Å². The lowest BCUT2D eigenvalue weighted by Gasteiger charge is -2.35. The molecule has 1 atom stereocenters. The number of piperidine rings is 1. The predicted octanol–water partition coefficient (Wildman–Crippen LogP) is 1.71. The number of nitrogens with two attached hydrogens (primary N) is 1. The molecule has 5 heteroatoms. The van der Waals surface area contributed by atoms with E-state index in [-0.39, 0.29) is 5.25 Å². The van der Waals surface area contributed by atoms with E-state index in [0.29, 0.717) is 19.0 Å². The molecule has 1 aliphatic heterocycles. The largest absolute Gasteiger partial charge is 0.330 e. The Bertz CT molecular complexity index is 348. The van der Waals surface area contributed by atoms with Crippen molar-refractivity contribution < 1.29 is 8.42 Å². The second-order valence-corrected chi connectivity index (χ2v) is 7.96. The molecule has 0 aromatic carbocycles. The van der Waals surface area contributed by atoms with Gasteiger partial charge in [0.15, 0.2) is 0 Å². The number of hydrogen-bond acceptors (Lipinski definition) is 3. The highest BCUT2D eigenvalue weighted by Crippen LogP contribution is 2.29. The molecule has 106 valence electrons. The van der Waals surface area contributed by atoms with Crippen molar-refractivity contribution in [1.82, 2.24) is 4.31 Å². The summed E-state index contributed by atoms with van der Waals surface area (Å²) in [6, 6.07) is 0. The van der Waals surface area contributed by atoms with Crippen LogP contribution in [0.1, 0.15) is 51.4 Å². The lowest BCUT2D eigenvalue weighted by atomic mass is 9.96. The maximum absolute atomic E-state index is 12.6. The van der Waals surface area contributed by atoms with Gasteiger partial charge in [0.25, 0.3) is 0 Å². The molecule has 0 spiro atoms. The Morgan fingerprint density at radius 1 is 1.06 bits per heavy atom. The summed E-state index contributed by atoms with van der Waals surface area (Å²) in [6.07, 6.45) is 8.15. The van der Waals surface area contributed by atoms with Crippen LogP contribution >= 0.6 is 0 Å². The van der Waals surface area contributed by atoms with Gasteiger partial charge in [0.05, 0.1) is 5.25 Å². The summed E-state index contributed by atoms with van der Waals surface area (Å²) >= 11 is 0. The van der Waals surface area contributed by atoms with Crippen molar-refractivity contribution in [3.63, 3.8) is 0 Å². The molecule has 0 radical (unpaired) electrons. The van der Waals surface area contributed by atoms with Crippen molar-refractivity contribution >= 4 is 10.0 Å². The number of rotatable bonds is 4. The quantitative estimate of drug-likeness (QED) is 0.849. The van der Waals surface area contributed by atoms with Crippen molar-refractivity contribution in [3.05, 3.63) is 0 Å². The Balaban J connectivity index is 1.99. The highest BCUT2D eigenvalue weighted by atomic mass is 32.2. The fraction of sp³-hybridized carbons (Fsp3) is 1.00. The van der Waals surface area contributed by atoms with Gasteiger partial charge >= 0.3 is 0 Å². The summed E-state index contributed by atoms with van der Waals surface area (Å²) < 4.78 is 26.9. The average Bonchev–Trinajstić information content (AvgIpc) is 2.40. The van der Waals surface area contributed by atoms with Crippen LogP contribution in [-0.4, -0.2) is 37.6 Å². The van der Waals surface area contributed by atoms with Crippen LogP contribution in [0.5, 0.6) is 0 Å². The fourth-order valence-electron chi connectivity index (χ4n) is 3.30. The molecule has 18 heavy (non-hydrogen) atoms. The van der Waals surface area contributed by atoms with E-state index < -0.39 is 10.0 Å². The van der Waals surface area contributed by atoms with Gasteiger partial charge in [-0.3, -0.25) is 0 Å².